The molecule has 2 N–H and O–H groups in total. The standard InChI is InChI=1S/C11H20N2O3/c1-8(2)13(7-10(14)15)11(16)9-5-3-4-6-12-9/h8-9,12H,3-7H2,1-2H3,(H,14,15)/t9-/m1/s1. The van der Waals surface area contributed by atoms with E-state index in [1.165, 1.54) is 4.90 Å². The van der Waals surface area contributed by atoms with Gasteiger partial charge in [0.1, 0.15) is 6.54 Å². The average Bonchev–Trinajstić information content (AvgIpc) is 2.25. The van der Waals surface area contributed by atoms with Crippen LogP contribution in [-0.2, 0) is 9.59 Å². The molecule has 5 heteroatoms. The number of nitrogens with zero attached hydrogens (tertiary/aromatic N) is 1. The van der Waals surface area contributed by atoms with Crippen LogP contribution in [0.25, 0.3) is 0 Å². The van der Waals surface area contributed by atoms with Crippen molar-refractivity contribution in [2.45, 2.75) is 45.2 Å². The second-order valence-electron chi connectivity index (χ2n) is 4.46. The van der Waals surface area contributed by atoms with Crippen LogP contribution in [0.1, 0.15) is 33.1 Å². The van der Waals surface area contributed by atoms with E-state index in [9.17, 15) is 9.59 Å². The lowest BCUT2D eigenvalue weighted by Gasteiger charge is -2.31. The molecule has 1 heterocycles. The van der Waals surface area contributed by atoms with Gasteiger partial charge in [-0.15, -0.1) is 0 Å². The second-order valence-corrected chi connectivity index (χ2v) is 4.46. The first-order chi connectivity index (χ1) is 7.52. The number of carbonyl (C=O) groups excluding carboxylic acids is 1. The number of aliphatic carboxylic acids is 1. The maximum absolute atomic E-state index is 12.1. The predicted octanol–water partition coefficient (Wildman–Crippen LogP) is 0.450. The maximum atomic E-state index is 12.1. The van der Waals surface area contributed by atoms with Crippen LogP contribution in [-0.4, -0.2) is 47.1 Å². The third-order valence-electron chi connectivity index (χ3n) is 2.82. The van der Waals surface area contributed by atoms with Crippen molar-refractivity contribution in [1.29, 1.82) is 0 Å². The van der Waals surface area contributed by atoms with Gasteiger partial charge in [-0.25, -0.2) is 0 Å². The Morgan fingerprint density at radius 3 is 2.56 bits per heavy atom. The summed E-state index contributed by atoms with van der Waals surface area (Å²) in [4.78, 5) is 24.2. The predicted molar refractivity (Wildman–Crippen MR) is 60.1 cm³/mol. The molecular formula is C11H20N2O3. The molecule has 1 fully saturated rings. The summed E-state index contributed by atoms with van der Waals surface area (Å²) in [6, 6.07) is -0.275. The summed E-state index contributed by atoms with van der Waals surface area (Å²) in [5.41, 5.74) is 0. The third kappa shape index (κ3) is 3.48. The van der Waals surface area contributed by atoms with Crippen molar-refractivity contribution in [2.75, 3.05) is 13.1 Å². The van der Waals surface area contributed by atoms with Crippen LogP contribution in [0, 0.1) is 0 Å². The van der Waals surface area contributed by atoms with E-state index in [1.807, 2.05) is 13.8 Å². The molecule has 1 atom stereocenters. The van der Waals surface area contributed by atoms with Gasteiger partial charge in [-0.2, -0.15) is 0 Å². The van der Waals surface area contributed by atoms with Crippen LogP contribution >= 0.6 is 0 Å². The van der Waals surface area contributed by atoms with Gasteiger partial charge in [0.05, 0.1) is 6.04 Å². The number of carboxylic acid groups (broad SMARTS) is 1. The van der Waals surface area contributed by atoms with Gasteiger partial charge in [0.15, 0.2) is 0 Å². The lowest BCUT2D eigenvalue weighted by atomic mass is 10.0. The average molecular weight is 228 g/mol. The summed E-state index contributed by atoms with van der Waals surface area (Å²) in [6.07, 6.45) is 2.93. The number of hydrogen-bond acceptors (Lipinski definition) is 3. The Balaban J connectivity index is 2.61. The minimum absolute atomic E-state index is 0.0765. The molecule has 1 aliphatic rings. The van der Waals surface area contributed by atoms with Crippen LogP contribution in [0.15, 0.2) is 0 Å². The minimum Gasteiger partial charge on any atom is -0.480 e. The Kier molecular flexibility index (Phi) is 4.73. The number of piperidine rings is 1. The molecule has 0 aliphatic carbocycles. The number of hydrogen-bond donors (Lipinski definition) is 2. The fraction of sp³-hybridized carbons (Fsp3) is 0.818. The number of rotatable bonds is 4. The highest BCUT2D eigenvalue weighted by molar-refractivity contribution is 5.85. The topological polar surface area (TPSA) is 69.6 Å². The molecule has 0 aromatic heterocycles. The Morgan fingerprint density at radius 2 is 2.12 bits per heavy atom. The van der Waals surface area contributed by atoms with Crippen molar-refractivity contribution in [3.05, 3.63) is 0 Å². The van der Waals surface area contributed by atoms with E-state index in [4.69, 9.17) is 5.11 Å². The summed E-state index contributed by atoms with van der Waals surface area (Å²) in [7, 11) is 0. The summed E-state index contributed by atoms with van der Waals surface area (Å²) in [5, 5.41) is 11.9. The molecule has 16 heavy (non-hydrogen) atoms. The molecule has 0 unspecified atom stereocenters. The zero-order valence-corrected chi connectivity index (χ0v) is 9.90. The first-order valence-corrected chi connectivity index (χ1v) is 5.78. The summed E-state index contributed by atoms with van der Waals surface area (Å²) >= 11 is 0. The molecule has 1 amide bonds. The molecule has 0 radical (unpaired) electrons. The zero-order valence-electron chi connectivity index (χ0n) is 9.90. The van der Waals surface area contributed by atoms with Gasteiger partial charge in [-0.3, -0.25) is 9.59 Å². The van der Waals surface area contributed by atoms with E-state index in [0.29, 0.717) is 0 Å². The number of amides is 1. The van der Waals surface area contributed by atoms with Crippen LogP contribution in [0.4, 0.5) is 0 Å². The van der Waals surface area contributed by atoms with Crippen LogP contribution in [0.3, 0.4) is 0 Å². The Bertz CT molecular complexity index is 260. The Hall–Kier alpha value is -1.10. The summed E-state index contributed by atoms with van der Waals surface area (Å²) in [5.74, 6) is -1.05. The molecule has 1 aliphatic heterocycles. The van der Waals surface area contributed by atoms with Gasteiger partial charge in [0, 0.05) is 6.04 Å². The quantitative estimate of drug-likeness (QED) is 0.733. The van der Waals surface area contributed by atoms with Gasteiger partial charge < -0.3 is 15.3 Å². The van der Waals surface area contributed by atoms with Gasteiger partial charge in [0.25, 0.3) is 0 Å². The highest BCUT2D eigenvalue weighted by Crippen LogP contribution is 2.11. The van der Waals surface area contributed by atoms with E-state index in [2.05, 4.69) is 5.32 Å². The van der Waals surface area contributed by atoms with Crippen LogP contribution in [0.2, 0.25) is 0 Å². The fourth-order valence-corrected chi connectivity index (χ4v) is 1.92. The zero-order chi connectivity index (χ0) is 12.1. The molecule has 5 nitrogen and oxygen atoms in total. The molecule has 0 bridgehead atoms. The largest absolute Gasteiger partial charge is 0.480 e. The van der Waals surface area contributed by atoms with Crippen molar-refractivity contribution < 1.29 is 14.7 Å². The highest BCUT2D eigenvalue weighted by Gasteiger charge is 2.28. The smallest absolute Gasteiger partial charge is 0.323 e. The minimum atomic E-state index is -0.960. The molecular weight excluding hydrogens is 208 g/mol. The molecule has 0 aromatic rings. The van der Waals surface area contributed by atoms with Gasteiger partial charge in [-0.1, -0.05) is 6.42 Å². The highest BCUT2D eigenvalue weighted by atomic mass is 16.4. The lowest BCUT2D eigenvalue weighted by molar-refractivity contribution is -0.147. The van der Waals surface area contributed by atoms with E-state index in [1.54, 1.807) is 0 Å². The van der Waals surface area contributed by atoms with Crippen LogP contribution in [0.5, 0.6) is 0 Å². The molecule has 0 aromatic carbocycles. The Morgan fingerprint density at radius 1 is 1.44 bits per heavy atom. The molecule has 1 saturated heterocycles. The summed E-state index contributed by atoms with van der Waals surface area (Å²) < 4.78 is 0. The monoisotopic (exact) mass is 228 g/mol. The van der Waals surface area contributed by atoms with E-state index in [0.717, 1.165) is 25.8 Å². The number of carbonyl (C=O) groups is 2. The van der Waals surface area contributed by atoms with Crippen molar-refractivity contribution in [3.8, 4) is 0 Å². The van der Waals surface area contributed by atoms with Gasteiger partial charge in [0.2, 0.25) is 5.91 Å². The fourth-order valence-electron chi connectivity index (χ4n) is 1.92. The summed E-state index contributed by atoms with van der Waals surface area (Å²) in [6.45, 7) is 4.30. The third-order valence-corrected chi connectivity index (χ3v) is 2.82. The van der Waals surface area contributed by atoms with Gasteiger partial charge >= 0.3 is 5.97 Å². The normalized spacial score (nSPS) is 20.8. The van der Waals surface area contributed by atoms with Crippen molar-refractivity contribution in [2.24, 2.45) is 0 Å². The number of nitrogens with one attached hydrogen (secondary N) is 1. The van der Waals surface area contributed by atoms with E-state index < -0.39 is 5.97 Å². The van der Waals surface area contributed by atoms with Crippen molar-refractivity contribution in [3.63, 3.8) is 0 Å². The van der Waals surface area contributed by atoms with E-state index in [-0.39, 0.29) is 24.5 Å². The van der Waals surface area contributed by atoms with Crippen molar-refractivity contribution >= 4 is 11.9 Å². The molecule has 92 valence electrons. The van der Waals surface area contributed by atoms with Gasteiger partial charge in [-0.05, 0) is 33.2 Å². The molecule has 0 saturated carbocycles. The lowest BCUT2D eigenvalue weighted by Crippen LogP contribution is -2.52. The molecule has 0 spiro atoms. The molecule has 1 rings (SSSR count). The number of carboxylic acids is 1. The van der Waals surface area contributed by atoms with Crippen LogP contribution < -0.4 is 5.32 Å². The van der Waals surface area contributed by atoms with E-state index >= 15 is 0 Å². The SMILES string of the molecule is CC(C)N(CC(=O)O)C(=O)[C@H]1CCCCN1. The Labute approximate surface area is 95.8 Å². The van der Waals surface area contributed by atoms with Crippen molar-refractivity contribution in [1.82, 2.24) is 10.2 Å². The second kappa shape index (κ2) is 5.84. The first-order valence-electron chi connectivity index (χ1n) is 5.78. The maximum Gasteiger partial charge on any atom is 0.323 e. The first kappa shape index (κ1) is 13.0.